The van der Waals surface area contributed by atoms with Gasteiger partial charge in [0.2, 0.25) is 0 Å². The fourth-order valence-electron chi connectivity index (χ4n) is 0.488. The van der Waals surface area contributed by atoms with E-state index in [4.69, 9.17) is 10.7 Å². The summed E-state index contributed by atoms with van der Waals surface area (Å²) in [5, 5.41) is 0. The van der Waals surface area contributed by atoms with Crippen molar-refractivity contribution >= 4 is 19.9 Å². The summed E-state index contributed by atoms with van der Waals surface area (Å²) >= 11 is 0. The largest absolute Gasteiger partial charge is 0.169 e. The Hall–Kier alpha value is 0.640. The third-order valence-electron chi connectivity index (χ3n) is 0.983. The molecule has 52 valence electrons. The van der Waals surface area contributed by atoms with Crippen molar-refractivity contribution < 1.29 is 0 Å². The van der Waals surface area contributed by atoms with Gasteiger partial charge in [0.05, 0.1) is 0 Å². The van der Waals surface area contributed by atoms with Gasteiger partial charge in [-0.2, -0.15) is 9.24 Å². The summed E-state index contributed by atoms with van der Waals surface area (Å²) in [6.07, 6.45) is 6.84. The van der Waals surface area contributed by atoms with Gasteiger partial charge in [-0.15, -0.1) is 0 Å². The average molecular weight is 155 g/mol. The lowest BCUT2D eigenvalue weighted by molar-refractivity contribution is 0.894. The summed E-state index contributed by atoms with van der Waals surface area (Å²) in [5.41, 5.74) is 0. The molecule has 0 fully saturated rings. The first kappa shape index (κ1) is 8.64. The van der Waals surface area contributed by atoms with Crippen molar-refractivity contribution in [1.29, 1.82) is 0 Å². The Kier molecular flexibility index (Phi) is 3.91. The van der Waals surface area contributed by atoms with Crippen LogP contribution in [0.3, 0.4) is 0 Å². The van der Waals surface area contributed by atoms with E-state index < -0.39 is 9.24 Å². The first-order valence-corrected chi connectivity index (χ1v) is 6.41. The van der Waals surface area contributed by atoms with Crippen molar-refractivity contribution in [3.05, 3.63) is 0 Å². The molecular formula is C6H15ClS. The predicted octanol–water partition coefficient (Wildman–Crippen LogP) is 3.00. The highest BCUT2D eigenvalue weighted by molar-refractivity contribution is 8.50. The summed E-state index contributed by atoms with van der Waals surface area (Å²) in [6.45, 7) is 2.20. The van der Waals surface area contributed by atoms with Crippen LogP contribution in [-0.4, -0.2) is 18.3 Å². The first-order valence-electron chi connectivity index (χ1n) is 2.97. The molecule has 0 bridgehead atoms. The van der Waals surface area contributed by atoms with Crippen LogP contribution in [0.4, 0.5) is 0 Å². The molecule has 0 amide bonds. The second-order valence-corrected chi connectivity index (χ2v) is 8.18. The van der Waals surface area contributed by atoms with Gasteiger partial charge in [-0.05, 0) is 24.7 Å². The van der Waals surface area contributed by atoms with Gasteiger partial charge in [-0.3, -0.25) is 0 Å². The third-order valence-corrected chi connectivity index (χ3v) is 2.71. The number of hydrogen-bond donors (Lipinski definition) is 0. The summed E-state index contributed by atoms with van der Waals surface area (Å²) in [7, 11) is 5.28. The van der Waals surface area contributed by atoms with E-state index in [0.717, 1.165) is 0 Å². The fraction of sp³-hybridized carbons (Fsp3) is 1.00. The normalized spacial score (nSPS) is 14.0. The molecule has 0 atom stereocenters. The van der Waals surface area contributed by atoms with E-state index in [-0.39, 0.29) is 0 Å². The SMILES string of the molecule is CCCCS(C)(C)Cl. The van der Waals surface area contributed by atoms with Crippen molar-refractivity contribution in [2.45, 2.75) is 19.8 Å². The van der Waals surface area contributed by atoms with E-state index in [1.54, 1.807) is 0 Å². The second-order valence-electron chi connectivity index (χ2n) is 2.46. The lowest BCUT2D eigenvalue weighted by Gasteiger charge is -2.20. The summed E-state index contributed by atoms with van der Waals surface area (Å²) in [5.74, 6) is 1.21. The Morgan fingerprint density at radius 1 is 1.38 bits per heavy atom. The Morgan fingerprint density at radius 2 is 1.88 bits per heavy atom. The first-order chi connectivity index (χ1) is 3.56. The maximum atomic E-state index is 6.00. The van der Waals surface area contributed by atoms with Crippen LogP contribution in [0.2, 0.25) is 0 Å². The van der Waals surface area contributed by atoms with Crippen molar-refractivity contribution in [2.75, 3.05) is 18.3 Å². The van der Waals surface area contributed by atoms with Gasteiger partial charge in [0, 0.05) is 0 Å². The molecule has 0 unspecified atom stereocenters. The fourth-order valence-corrected chi connectivity index (χ4v) is 1.79. The summed E-state index contributed by atoms with van der Waals surface area (Å²) in [6, 6.07) is 0. The number of unbranched alkanes of at least 4 members (excludes halogenated alkanes) is 1. The van der Waals surface area contributed by atoms with Crippen molar-refractivity contribution in [1.82, 2.24) is 0 Å². The Labute approximate surface area is 58.4 Å². The highest BCUT2D eigenvalue weighted by Gasteiger charge is 2.03. The number of hydrogen-bond acceptors (Lipinski definition) is 0. The molecule has 0 N–H and O–H groups in total. The molecule has 0 aromatic heterocycles. The van der Waals surface area contributed by atoms with E-state index in [1.165, 1.54) is 18.6 Å². The quantitative estimate of drug-likeness (QED) is 0.587. The summed E-state index contributed by atoms with van der Waals surface area (Å²) < 4.78 is 0. The highest BCUT2D eigenvalue weighted by Crippen LogP contribution is 2.45. The molecular weight excluding hydrogens is 140 g/mol. The number of rotatable bonds is 3. The third kappa shape index (κ3) is 6.64. The molecule has 0 saturated carbocycles. The van der Waals surface area contributed by atoms with Gasteiger partial charge in [-0.1, -0.05) is 24.0 Å². The molecule has 0 aliphatic rings. The van der Waals surface area contributed by atoms with Crippen LogP contribution >= 0.6 is 19.9 Å². The minimum absolute atomic E-state index is 0.714. The zero-order valence-corrected chi connectivity index (χ0v) is 7.48. The molecule has 2 heteroatoms. The molecule has 0 heterocycles. The van der Waals surface area contributed by atoms with Gasteiger partial charge in [0.15, 0.2) is 0 Å². The minimum atomic E-state index is -0.714. The van der Waals surface area contributed by atoms with Gasteiger partial charge in [-0.25, -0.2) is 0 Å². The van der Waals surface area contributed by atoms with Crippen LogP contribution in [0.5, 0.6) is 0 Å². The molecule has 0 radical (unpaired) electrons. The Bertz CT molecular complexity index is 56.0. The van der Waals surface area contributed by atoms with Crippen LogP contribution in [0.15, 0.2) is 0 Å². The highest BCUT2D eigenvalue weighted by atomic mass is 35.7. The molecule has 0 aliphatic carbocycles. The Morgan fingerprint density at radius 3 is 2.00 bits per heavy atom. The standard InChI is InChI=1S/C6H15ClS/c1-4-5-6-8(2,3)7/h4-6H2,1-3H3. The number of halogens is 1. The topological polar surface area (TPSA) is 0 Å². The molecule has 0 nitrogen and oxygen atoms in total. The zero-order chi connectivity index (χ0) is 6.62. The average Bonchev–Trinajstić information content (AvgIpc) is 1.59. The lowest BCUT2D eigenvalue weighted by Crippen LogP contribution is -1.91. The molecule has 0 aliphatic heterocycles. The predicted molar refractivity (Wildman–Crippen MR) is 45.1 cm³/mol. The van der Waals surface area contributed by atoms with Gasteiger partial charge in [0.1, 0.15) is 0 Å². The monoisotopic (exact) mass is 154 g/mol. The molecule has 0 saturated heterocycles. The Balaban J connectivity index is 3.11. The van der Waals surface area contributed by atoms with Crippen LogP contribution in [0, 0.1) is 0 Å². The van der Waals surface area contributed by atoms with Gasteiger partial charge >= 0.3 is 0 Å². The molecule has 0 aromatic rings. The van der Waals surface area contributed by atoms with Crippen molar-refractivity contribution in [2.24, 2.45) is 0 Å². The van der Waals surface area contributed by atoms with E-state index in [1.807, 2.05) is 0 Å². The van der Waals surface area contributed by atoms with E-state index in [9.17, 15) is 0 Å². The lowest BCUT2D eigenvalue weighted by atomic mass is 10.4. The molecule has 8 heavy (non-hydrogen) atoms. The molecule has 0 rings (SSSR count). The maximum Gasteiger partial charge on any atom is -0.0106 e. The van der Waals surface area contributed by atoms with Gasteiger partial charge < -0.3 is 0 Å². The van der Waals surface area contributed by atoms with Crippen LogP contribution in [-0.2, 0) is 0 Å². The molecule has 0 aromatic carbocycles. The van der Waals surface area contributed by atoms with Crippen molar-refractivity contribution in [3.63, 3.8) is 0 Å². The zero-order valence-electron chi connectivity index (χ0n) is 5.91. The minimum Gasteiger partial charge on any atom is -0.169 e. The summed E-state index contributed by atoms with van der Waals surface area (Å²) in [4.78, 5) is 0. The second kappa shape index (κ2) is 3.62. The smallest absolute Gasteiger partial charge is 0.0106 e. The molecule has 0 spiro atoms. The van der Waals surface area contributed by atoms with Crippen LogP contribution in [0.1, 0.15) is 19.8 Å². The van der Waals surface area contributed by atoms with Crippen molar-refractivity contribution in [3.8, 4) is 0 Å². The van der Waals surface area contributed by atoms with E-state index >= 15 is 0 Å². The van der Waals surface area contributed by atoms with Crippen LogP contribution < -0.4 is 0 Å². The van der Waals surface area contributed by atoms with Crippen LogP contribution in [0.25, 0.3) is 0 Å². The van der Waals surface area contributed by atoms with Gasteiger partial charge in [0.25, 0.3) is 0 Å². The van der Waals surface area contributed by atoms with E-state index in [2.05, 4.69) is 19.4 Å². The maximum absolute atomic E-state index is 6.00. The van der Waals surface area contributed by atoms with E-state index in [0.29, 0.717) is 0 Å².